The Morgan fingerprint density at radius 2 is 1.92 bits per heavy atom. The van der Waals surface area contributed by atoms with Crippen LogP contribution in [0.25, 0.3) is 6.08 Å². The van der Waals surface area contributed by atoms with Crippen LogP contribution in [0.4, 0.5) is 5.69 Å². The zero-order chi connectivity index (χ0) is 9.42. The highest BCUT2D eigenvalue weighted by atomic mass is 16.1. The van der Waals surface area contributed by atoms with Crippen LogP contribution in [-0.4, -0.2) is 5.91 Å². The molecule has 0 bridgehead atoms. The number of aryl methyl sites for hydroxylation is 1. The third-order valence-electron chi connectivity index (χ3n) is 2.39. The van der Waals surface area contributed by atoms with Crippen molar-refractivity contribution in [2.75, 3.05) is 0 Å². The highest BCUT2D eigenvalue weighted by molar-refractivity contribution is 5.99. The number of nitrogens with zero attached hydrogens (tertiary/aromatic N) is 1. The van der Waals surface area contributed by atoms with Gasteiger partial charge in [-0.2, -0.15) is 0 Å². The summed E-state index contributed by atoms with van der Waals surface area (Å²) in [5.74, 6) is -0.171. The van der Waals surface area contributed by atoms with Gasteiger partial charge in [0.15, 0.2) is 0 Å². The number of fused-ring (bicyclic) bond motifs is 1. The van der Waals surface area contributed by atoms with Crippen LogP contribution >= 0.6 is 0 Å². The van der Waals surface area contributed by atoms with Crippen molar-refractivity contribution in [1.82, 2.24) is 5.32 Å². The standard InChI is InChI=1S/C11H10NO/c1-7-3-5-10-9(8(7)2)4-6-11(13)12-10/h3-6H,1-2H3. The van der Waals surface area contributed by atoms with Gasteiger partial charge >= 0.3 is 0 Å². The van der Waals surface area contributed by atoms with E-state index in [9.17, 15) is 4.79 Å². The highest BCUT2D eigenvalue weighted by Crippen LogP contribution is 2.26. The molecule has 0 N–H and O–H groups in total. The minimum absolute atomic E-state index is 0.171. The molecule has 1 aromatic carbocycles. The van der Waals surface area contributed by atoms with Crippen molar-refractivity contribution < 1.29 is 4.79 Å². The Kier molecular flexibility index (Phi) is 1.69. The Labute approximate surface area is 77.3 Å². The quantitative estimate of drug-likeness (QED) is 0.589. The van der Waals surface area contributed by atoms with E-state index in [1.807, 2.05) is 25.1 Å². The van der Waals surface area contributed by atoms with Gasteiger partial charge in [-0.1, -0.05) is 6.07 Å². The van der Waals surface area contributed by atoms with E-state index in [0.717, 1.165) is 11.3 Å². The minimum atomic E-state index is -0.171. The van der Waals surface area contributed by atoms with Crippen LogP contribution in [0.15, 0.2) is 18.2 Å². The summed E-state index contributed by atoms with van der Waals surface area (Å²) in [4.78, 5) is 11.0. The first-order valence-corrected chi connectivity index (χ1v) is 4.22. The van der Waals surface area contributed by atoms with E-state index in [4.69, 9.17) is 0 Å². The fourth-order valence-electron chi connectivity index (χ4n) is 1.44. The van der Waals surface area contributed by atoms with Crippen LogP contribution in [0.5, 0.6) is 0 Å². The first kappa shape index (κ1) is 8.05. The molecule has 0 atom stereocenters. The van der Waals surface area contributed by atoms with Crippen LogP contribution < -0.4 is 5.32 Å². The molecule has 1 aliphatic rings. The molecule has 0 saturated carbocycles. The van der Waals surface area contributed by atoms with Gasteiger partial charge in [-0.15, -0.1) is 0 Å². The van der Waals surface area contributed by atoms with Gasteiger partial charge in [0, 0.05) is 11.6 Å². The highest BCUT2D eigenvalue weighted by Gasteiger charge is 2.13. The van der Waals surface area contributed by atoms with Gasteiger partial charge < -0.3 is 0 Å². The van der Waals surface area contributed by atoms with Gasteiger partial charge in [-0.25, -0.2) is 5.32 Å². The fraction of sp³-hybridized carbons (Fsp3) is 0.182. The van der Waals surface area contributed by atoms with Crippen molar-refractivity contribution in [3.63, 3.8) is 0 Å². The first-order valence-electron chi connectivity index (χ1n) is 4.22. The van der Waals surface area contributed by atoms with E-state index in [1.165, 1.54) is 17.2 Å². The number of amides is 1. The van der Waals surface area contributed by atoms with Crippen LogP contribution in [0.1, 0.15) is 16.7 Å². The predicted molar refractivity (Wildman–Crippen MR) is 51.8 cm³/mol. The molecule has 2 rings (SSSR count). The lowest BCUT2D eigenvalue weighted by Crippen LogP contribution is -2.12. The summed E-state index contributed by atoms with van der Waals surface area (Å²) < 4.78 is 0. The van der Waals surface area contributed by atoms with Gasteiger partial charge in [0.2, 0.25) is 0 Å². The maximum Gasteiger partial charge on any atom is 0.270 e. The van der Waals surface area contributed by atoms with Crippen molar-refractivity contribution in [2.24, 2.45) is 0 Å². The second kappa shape index (κ2) is 2.73. The van der Waals surface area contributed by atoms with Gasteiger partial charge in [-0.3, -0.25) is 4.79 Å². The summed E-state index contributed by atoms with van der Waals surface area (Å²) in [5.41, 5.74) is 4.29. The maximum atomic E-state index is 11.0. The molecule has 0 fully saturated rings. The molecule has 0 unspecified atom stereocenters. The van der Waals surface area contributed by atoms with Crippen molar-refractivity contribution in [3.05, 3.63) is 34.9 Å². The topological polar surface area (TPSA) is 31.2 Å². The van der Waals surface area contributed by atoms with E-state index in [1.54, 1.807) is 0 Å². The Morgan fingerprint density at radius 1 is 1.15 bits per heavy atom. The Bertz CT molecular complexity index is 405. The van der Waals surface area contributed by atoms with Crippen molar-refractivity contribution >= 4 is 17.7 Å². The second-order valence-electron chi connectivity index (χ2n) is 3.22. The second-order valence-corrected chi connectivity index (χ2v) is 3.22. The fourth-order valence-corrected chi connectivity index (χ4v) is 1.44. The average Bonchev–Trinajstić information content (AvgIpc) is 2.12. The molecule has 0 aliphatic carbocycles. The lowest BCUT2D eigenvalue weighted by Gasteiger charge is -2.13. The lowest BCUT2D eigenvalue weighted by atomic mass is 9.99. The smallest absolute Gasteiger partial charge is 0.267 e. The molecule has 1 aromatic rings. The molecule has 13 heavy (non-hydrogen) atoms. The molecule has 2 nitrogen and oxygen atoms in total. The summed E-state index contributed by atoms with van der Waals surface area (Å²) in [6.45, 7) is 4.10. The lowest BCUT2D eigenvalue weighted by molar-refractivity contribution is -0.115. The van der Waals surface area contributed by atoms with Crippen LogP contribution in [-0.2, 0) is 4.79 Å². The van der Waals surface area contributed by atoms with Gasteiger partial charge in [0.1, 0.15) is 0 Å². The SMILES string of the molecule is Cc1ccc2c(c1C)C=CC(=O)[N]2. The predicted octanol–water partition coefficient (Wildman–Crippen LogP) is 2.09. The van der Waals surface area contributed by atoms with E-state index in [0.29, 0.717) is 0 Å². The van der Waals surface area contributed by atoms with Crippen LogP contribution in [0, 0.1) is 13.8 Å². The minimum Gasteiger partial charge on any atom is -0.267 e. The summed E-state index contributed by atoms with van der Waals surface area (Å²) in [5, 5.41) is 3.92. The largest absolute Gasteiger partial charge is 0.270 e. The number of hydrogen-bond acceptors (Lipinski definition) is 1. The molecule has 0 aromatic heterocycles. The summed E-state index contributed by atoms with van der Waals surface area (Å²) in [6.07, 6.45) is 3.35. The molecule has 1 radical (unpaired) electrons. The maximum absolute atomic E-state index is 11.0. The monoisotopic (exact) mass is 172 g/mol. The molecule has 1 heterocycles. The van der Waals surface area contributed by atoms with Crippen LogP contribution in [0.3, 0.4) is 0 Å². The summed E-state index contributed by atoms with van der Waals surface area (Å²) in [7, 11) is 0. The normalized spacial score (nSPS) is 13.8. The first-order chi connectivity index (χ1) is 6.18. The van der Waals surface area contributed by atoms with Gasteiger partial charge in [-0.05, 0) is 37.1 Å². The number of carbonyl (C=O) groups is 1. The van der Waals surface area contributed by atoms with E-state index < -0.39 is 0 Å². The van der Waals surface area contributed by atoms with E-state index in [2.05, 4.69) is 12.2 Å². The van der Waals surface area contributed by atoms with Gasteiger partial charge in [0.05, 0.1) is 5.69 Å². The van der Waals surface area contributed by atoms with Gasteiger partial charge in [0.25, 0.3) is 5.91 Å². The molecule has 0 spiro atoms. The molecule has 1 amide bonds. The zero-order valence-electron chi connectivity index (χ0n) is 7.66. The third kappa shape index (κ3) is 1.24. The average molecular weight is 172 g/mol. The molecular formula is C11H10NO. The third-order valence-corrected chi connectivity index (χ3v) is 2.39. The Balaban J connectivity index is 2.63. The zero-order valence-corrected chi connectivity index (χ0v) is 7.66. The van der Waals surface area contributed by atoms with Crippen molar-refractivity contribution in [2.45, 2.75) is 13.8 Å². The molecular weight excluding hydrogens is 162 g/mol. The Hall–Kier alpha value is -1.57. The molecule has 2 heteroatoms. The van der Waals surface area contributed by atoms with E-state index in [-0.39, 0.29) is 5.91 Å². The number of rotatable bonds is 0. The van der Waals surface area contributed by atoms with Crippen molar-refractivity contribution in [3.8, 4) is 0 Å². The molecule has 65 valence electrons. The number of benzene rings is 1. The Morgan fingerprint density at radius 3 is 2.69 bits per heavy atom. The molecule has 0 saturated heterocycles. The molecule has 1 aliphatic heterocycles. The van der Waals surface area contributed by atoms with E-state index >= 15 is 0 Å². The number of carbonyl (C=O) groups excluding carboxylic acids is 1. The van der Waals surface area contributed by atoms with Crippen LogP contribution in [0.2, 0.25) is 0 Å². The van der Waals surface area contributed by atoms with Crippen molar-refractivity contribution in [1.29, 1.82) is 0 Å². The summed E-state index contributed by atoms with van der Waals surface area (Å²) >= 11 is 0. The summed E-state index contributed by atoms with van der Waals surface area (Å²) in [6, 6.07) is 3.88. The number of hydrogen-bond donors (Lipinski definition) is 0.